The molecule has 0 fully saturated rings. The van der Waals surface area contributed by atoms with E-state index in [1.54, 1.807) is 12.1 Å². The fourth-order valence-electron chi connectivity index (χ4n) is 1.79. The molecule has 1 aromatic heterocycles. The molecule has 0 amide bonds. The molecule has 3 heteroatoms. The summed E-state index contributed by atoms with van der Waals surface area (Å²) in [7, 11) is 0. The van der Waals surface area contributed by atoms with E-state index in [9.17, 15) is 4.79 Å². The minimum absolute atomic E-state index is 0.347. The van der Waals surface area contributed by atoms with Crippen molar-refractivity contribution >= 4 is 16.9 Å². The van der Waals surface area contributed by atoms with Gasteiger partial charge in [0.2, 0.25) is 0 Å². The molecule has 0 radical (unpaired) electrons. The number of carbonyl (C=O) groups is 1. The monoisotopic (exact) mass is 203 g/mol. The third-order valence-electron chi connectivity index (χ3n) is 2.53. The van der Waals surface area contributed by atoms with Crippen LogP contribution in [0.5, 0.6) is 0 Å². The highest BCUT2D eigenvalue weighted by molar-refractivity contribution is 5.94. The van der Waals surface area contributed by atoms with E-state index < -0.39 is 5.97 Å². The Bertz CT molecular complexity index is 499. The van der Waals surface area contributed by atoms with Crippen molar-refractivity contribution in [2.75, 3.05) is 0 Å². The van der Waals surface area contributed by atoms with Crippen molar-refractivity contribution in [2.24, 2.45) is 0 Å². The van der Waals surface area contributed by atoms with E-state index in [4.69, 9.17) is 5.11 Å². The molecule has 3 nitrogen and oxygen atoms in total. The van der Waals surface area contributed by atoms with Gasteiger partial charge in [0.25, 0.3) is 0 Å². The molecule has 0 saturated heterocycles. The third-order valence-corrected chi connectivity index (χ3v) is 2.53. The number of aromatic carboxylic acids is 1. The second-order valence-electron chi connectivity index (χ2n) is 3.63. The topological polar surface area (TPSA) is 53.1 Å². The van der Waals surface area contributed by atoms with Crippen molar-refractivity contribution in [2.45, 2.75) is 19.8 Å². The molecule has 0 atom stereocenters. The van der Waals surface area contributed by atoms with E-state index in [-0.39, 0.29) is 0 Å². The minimum Gasteiger partial charge on any atom is -0.478 e. The first kappa shape index (κ1) is 9.77. The maximum absolute atomic E-state index is 10.8. The predicted octanol–water partition coefficient (Wildman–Crippen LogP) is 2.82. The number of carboxylic acid groups (broad SMARTS) is 1. The van der Waals surface area contributed by atoms with Crippen LogP contribution in [0.2, 0.25) is 0 Å². The molecular weight excluding hydrogens is 190 g/mol. The maximum Gasteiger partial charge on any atom is 0.335 e. The summed E-state index contributed by atoms with van der Waals surface area (Å²) in [6.07, 6.45) is 3.99. The summed E-state index contributed by atoms with van der Waals surface area (Å²) in [5.74, 6) is -0.874. The van der Waals surface area contributed by atoms with Gasteiger partial charge in [0.15, 0.2) is 0 Å². The number of aromatic nitrogens is 1. The van der Waals surface area contributed by atoms with Crippen molar-refractivity contribution in [3.05, 3.63) is 35.5 Å². The molecular formula is C12H13NO2. The van der Waals surface area contributed by atoms with Crippen LogP contribution in [0.3, 0.4) is 0 Å². The van der Waals surface area contributed by atoms with Gasteiger partial charge >= 0.3 is 5.97 Å². The number of carboxylic acids is 1. The Kier molecular flexibility index (Phi) is 2.46. The third kappa shape index (κ3) is 1.73. The zero-order chi connectivity index (χ0) is 10.8. The van der Waals surface area contributed by atoms with Crippen LogP contribution in [0.15, 0.2) is 24.4 Å². The Hall–Kier alpha value is -1.77. The molecule has 0 saturated carbocycles. The molecule has 2 N–H and O–H groups in total. The van der Waals surface area contributed by atoms with Gasteiger partial charge < -0.3 is 10.1 Å². The highest BCUT2D eigenvalue weighted by Gasteiger charge is 2.07. The summed E-state index contributed by atoms with van der Waals surface area (Å²) < 4.78 is 0. The lowest BCUT2D eigenvalue weighted by Crippen LogP contribution is -1.95. The molecule has 2 aromatic rings. The SMILES string of the molecule is CCCc1c[nH]c2ccc(C(=O)O)cc12. The summed E-state index contributed by atoms with van der Waals surface area (Å²) in [6.45, 7) is 2.11. The maximum atomic E-state index is 10.8. The van der Waals surface area contributed by atoms with Crippen LogP contribution in [0.25, 0.3) is 10.9 Å². The van der Waals surface area contributed by atoms with E-state index in [2.05, 4.69) is 11.9 Å². The number of nitrogens with one attached hydrogen (secondary N) is 1. The van der Waals surface area contributed by atoms with E-state index in [1.165, 1.54) is 5.56 Å². The highest BCUT2D eigenvalue weighted by atomic mass is 16.4. The fraction of sp³-hybridized carbons (Fsp3) is 0.250. The molecule has 78 valence electrons. The van der Waals surface area contributed by atoms with E-state index in [1.807, 2.05) is 12.3 Å². The molecule has 0 spiro atoms. The Morgan fingerprint density at radius 1 is 1.47 bits per heavy atom. The van der Waals surface area contributed by atoms with Crippen LogP contribution < -0.4 is 0 Å². The van der Waals surface area contributed by atoms with E-state index >= 15 is 0 Å². The first-order valence-corrected chi connectivity index (χ1v) is 5.05. The number of H-pyrrole nitrogens is 1. The first-order valence-electron chi connectivity index (χ1n) is 5.05. The van der Waals surface area contributed by atoms with Crippen molar-refractivity contribution in [3.63, 3.8) is 0 Å². The summed E-state index contributed by atoms with van der Waals surface area (Å²) in [5.41, 5.74) is 2.54. The van der Waals surface area contributed by atoms with Crippen LogP contribution in [-0.4, -0.2) is 16.1 Å². The second-order valence-corrected chi connectivity index (χ2v) is 3.63. The number of benzene rings is 1. The molecule has 0 aliphatic rings. The molecule has 0 bridgehead atoms. The zero-order valence-corrected chi connectivity index (χ0v) is 8.58. The lowest BCUT2D eigenvalue weighted by atomic mass is 10.1. The van der Waals surface area contributed by atoms with Crippen molar-refractivity contribution in [3.8, 4) is 0 Å². The largest absolute Gasteiger partial charge is 0.478 e. The minimum atomic E-state index is -0.874. The lowest BCUT2D eigenvalue weighted by Gasteiger charge is -1.98. The first-order chi connectivity index (χ1) is 7.22. The predicted molar refractivity (Wildman–Crippen MR) is 59.3 cm³/mol. The number of aryl methyl sites for hydroxylation is 1. The Labute approximate surface area is 87.7 Å². The van der Waals surface area contributed by atoms with Crippen LogP contribution in [0.1, 0.15) is 29.3 Å². The number of aromatic amines is 1. The van der Waals surface area contributed by atoms with Gasteiger partial charge in [-0.3, -0.25) is 0 Å². The van der Waals surface area contributed by atoms with Crippen LogP contribution in [0, 0.1) is 0 Å². The van der Waals surface area contributed by atoms with Gasteiger partial charge in [0, 0.05) is 17.1 Å². The van der Waals surface area contributed by atoms with E-state index in [0.29, 0.717) is 5.56 Å². The van der Waals surface area contributed by atoms with Gasteiger partial charge in [-0.1, -0.05) is 13.3 Å². The molecule has 1 heterocycles. The van der Waals surface area contributed by atoms with Crippen LogP contribution >= 0.6 is 0 Å². The van der Waals surface area contributed by atoms with Crippen molar-refractivity contribution in [1.29, 1.82) is 0 Å². The second kappa shape index (κ2) is 3.77. The molecule has 0 aliphatic heterocycles. The van der Waals surface area contributed by atoms with Crippen LogP contribution in [-0.2, 0) is 6.42 Å². The van der Waals surface area contributed by atoms with Crippen LogP contribution in [0.4, 0.5) is 0 Å². The molecule has 0 aliphatic carbocycles. The number of hydrogen-bond acceptors (Lipinski definition) is 1. The number of rotatable bonds is 3. The summed E-state index contributed by atoms with van der Waals surface area (Å²) >= 11 is 0. The standard InChI is InChI=1S/C12H13NO2/c1-2-3-9-7-13-11-5-4-8(12(14)15)6-10(9)11/h4-7,13H,2-3H2,1H3,(H,14,15). The molecule has 2 rings (SSSR count). The summed E-state index contributed by atoms with van der Waals surface area (Å²) in [6, 6.07) is 5.17. The average Bonchev–Trinajstić information content (AvgIpc) is 2.61. The number of hydrogen-bond donors (Lipinski definition) is 2. The van der Waals surface area contributed by atoms with E-state index in [0.717, 1.165) is 23.7 Å². The van der Waals surface area contributed by atoms with Gasteiger partial charge in [-0.25, -0.2) is 4.79 Å². The normalized spacial score (nSPS) is 10.7. The quantitative estimate of drug-likeness (QED) is 0.805. The zero-order valence-electron chi connectivity index (χ0n) is 8.58. The van der Waals surface area contributed by atoms with Crippen molar-refractivity contribution < 1.29 is 9.90 Å². The summed E-state index contributed by atoms with van der Waals surface area (Å²) in [5, 5.41) is 9.92. The average molecular weight is 203 g/mol. The molecule has 1 aromatic carbocycles. The Balaban J connectivity index is 2.56. The van der Waals surface area contributed by atoms with Gasteiger partial charge in [-0.05, 0) is 30.2 Å². The Morgan fingerprint density at radius 3 is 2.93 bits per heavy atom. The van der Waals surface area contributed by atoms with Gasteiger partial charge in [-0.2, -0.15) is 0 Å². The fourth-order valence-corrected chi connectivity index (χ4v) is 1.79. The van der Waals surface area contributed by atoms with Crippen molar-refractivity contribution in [1.82, 2.24) is 4.98 Å². The molecule has 0 unspecified atom stereocenters. The van der Waals surface area contributed by atoms with Gasteiger partial charge in [0.05, 0.1) is 5.56 Å². The number of fused-ring (bicyclic) bond motifs is 1. The smallest absolute Gasteiger partial charge is 0.335 e. The summed E-state index contributed by atoms with van der Waals surface area (Å²) in [4.78, 5) is 14.0. The lowest BCUT2D eigenvalue weighted by molar-refractivity contribution is 0.0697. The van der Waals surface area contributed by atoms with Gasteiger partial charge in [0.1, 0.15) is 0 Å². The van der Waals surface area contributed by atoms with Gasteiger partial charge in [-0.15, -0.1) is 0 Å². The Morgan fingerprint density at radius 2 is 2.27 bits per heavy atom. The highest BCUT2D eigenvalue weighted by Crippen LogP contribution is 2.21. The molecule has 15 heavy (non-hydrogen) atoms.